The minimum atomic E-state index is 0.387. The van der Waals surface area contributed by atoms with Gasteiger partial charge in [-0.05, 0) is 24.0 Å². The SMILES string of the molecule is CO[C@@H]1CC[C@H]1N(Cc1ccccc1)Cc1ccccc1. The summed E-state index contributed by atoms with van der Waals surface area (Å²) in [7, 11) is 1.83. The Balaban J connectivity index is 1.74. The lowest BCUT2D eigenvalue weighted by Gasteiger charge is -2.43. The summed E-state index contributed by atoms with van der Waals surface area (Å²) in [4.78, 5) is 2.56. The standard InChI is InChI=1S/C19H23NO/c1-21-19-13-12-18(19)20(14-16-8-4-2-5-9-16)15-17-10-6-3-7-11-17/h2-11,18-19H,12-15H2,1H3/t18-,19-/m1/s1. The zero-order valence-electron chi connectivity index (χ0n) is 12.6. The molecule has 2 atom stereocenters. The first kappa shape index (κ1) is 14.3. The molecule has 0 radical (unpaired) electrons. The molecule has 0 aliphatic heterocycles. The van der Waals surface area contributed by atoms with E-state index in [1.807, 2.05) is 7.11 Å². The molecule has 0 amide bonds. The predicted octanol–water partition coefficient (Wildman–Crippen LogP) is 3.87. The Morgan fingerprint density at radius 3 is 1.76 bits per heavy atom. The van der Waals surface area contributed by atoms with Gasteiger partial charge in [0, 0.05) is 26.2 Å². The van der Waals surface area contributed by atoms with Crippen molar-refractivity contribution < 1.29 is 4.74 Å². The molecule has 0 aromatic heterocycles. The third-order valence-corrected chi connectivity index (χ3v) is 4.40. The molecule has 2 aromatic carbocycles. The number of methoxy groups -OCH3 is 1. The highest BCUT2D eigenvalue weighted by atomic mass is 16.5. The van der Waals surface area contributed by atoms with Gasteiger partial charge in [0.25, 0.3) is 0 Å². The molecule has 1 aliphatic rings. The summed E-state index contributed by atoms with van der Waals surface area (Å²) in [5.41, 5.74) is 2.74. The average Bonchev–Trinajstić information content (AvgIpc) is 2.49. The summed E-state index contributed by atoms with van der Waals surface area (Å²) in [6.07, 6.45) is 2.80. The van der Waals surface area contributed by atoms with E-state index in [4.69, 9.17) is 4.74 Å². The minimum Gasteiger partial charge on any atom is -0.380 e. The van der Waals surface area contributed by atoms with E-state index in [-0.39, 0.29) is 0 Å². The maximum Gasteiger partial charge on any atom is 0.0727 e. The fraction of sp³-hybridized carbons (Fsp3) is 0.368. The van der Waals surface area contributed by atoms with Crippen molar-refractivity contribution in [3.8, 4) is 0 Å². The molecule has 1 aliphatic carbocycles. The first-order chi connectivity index (χ1) is 10.4. The predicted molar refractivity (Wildman–Crippen MR) is 86.0 cm³/mol. The molecule has 1 saturated carbocycles. The van der Waals surface area contributed by atoms with Crippen LogP contribution < -0.4 is 0 Å². The highest BCUT2D eigenvalue weighted by Crippen LogP contribution is 2.30. The Bertz CT molecular complexity index is 497. The topological polar surface area (TPSA) is 12.5 Å². The monoisotopic (exact) mass is 281 g/mol. The highest BCUT2D eigenvalue weighted by molar-refractivity contribution is 5.18. The maximum atomic E-state index is 5.61. The molecule has 2 aromatic rings. The summed E-state index contributed by atoms with van der Waals surface area (Å²) >= 11 is 0. The average molecular weight is 281 g/mol. The summed E-state index contributed by atoms with van der Waals surface area (Å²) in [6, 6.07) is 22.0. The van der Waals surface area contributed by atoms with E-state index in [2.05, 4.69) is 65.6 Å². The largest absolute Gasteiger partial charge is 0.380 e. The molecule has 0 N–H and O–H groups in total. The molecule has 3 rings (SSSR count). The lowest BCUT2D eigenvalue weighted by atomic mass is 9.87. The molecule has 2 nitrogen and oxygen atoms in total. The van der Waals surface area contributed by atoms with Crippen molar-refractivity contribution in [2.75, 3.05) is 7.11 Å². The Kier molecular flexibility index (Phi) is 4.69. The number of nitrogens with zero attached hydrogens (tertiary/aromatic N) is 1. The normalized spacial score (nSPS) is 21.2. The summed E-state index contributed by atoms with van der Waals surface area (Å²) in [5.74, 6) is 0. The molecule has 0 saturated heterocycles. The number of ether oxygens (including phenoxy) is 1. The molecular weight excluding hydrogens is 258 g/mol. The molecule has 0 spiro atoms. The van der Waals surface area contributed by atoms with Crippen molar-refractivity contribution in [2.24, 2.45) is 0 Å². The zero-order valence-corrected chi connectivity index (χ0v) is 12.6. The lowest BCUT2D eigenvalue weighted by molar-refractivity contribution is -0.0551. The van der Waals surface area contributed by atoms with Crippen LogP contribution in [0.3, 0.4) is 0 Å². The van der Waals surface area contributed by atoms with Crippen LogP contribution in [0.15, 0.2) is 60.7 Å². The molecule has 1 fully saturated rings. The Labute approximate surface area is 127 Å². The zero-order chi connectivity index (χ0) is 14.5. The van der Waals surface area contributed by atoms with Crippen LogP contribution in [0, 0.1) is 0 Å². The smallest absolute Gasteiger partial charge is 0.0727 e. The van der Waals surface area contributed by atoms with E-state index < -0.39 is 0 Å². The number of hydrogen-bond acceptors (Lipinski definition) is 2. The van der Waals surface area contributed by atoms with Crippen LogP contribution in [0.4, 0.5) is 0 Å². The second-order valence-corrected chi connectivity index (χ2v) is 5.80. The van der Waals surface area contributed by atoms with Gasteiger partial charge >= 0.3 is 0 Å². The van der Waals surface area contributed by atoms with Gasteiger partial charge in [-0.2, -0.15) is 0 Å². The lowest BCUT2D eigenvalue weighted by Crippen LogP contribution is -2.50. The molecule has 2 heteroatoms. The van der Waals surface area contributed by atoms with Crippen LogP contribution in [-0.4, -0.2) is 24.2 Å². The third kappa shape index (κ3) is 3.52. The van der Waals surface area contributed by atoms with Crippen molar-refractivity contribution in [3.63, 3.8) is 0 Å². The quantitative estimate of drug-likeness (QED) is 0.797. The van der Waals surface area contributed by atoms with Crippen molar-refractivity contribution in [1.82, 2.24) is 4.90 Å². The highest BCUT2D eigenvalue weighted by Gasteiger charge is 2.35. The van der Waals surface area contributed by atoms with Crippen molar-refractivity contribution in [2.45, 2.75) is 38.1 Å². The second-order valence-electron chi connectivity index (χ2n) is 5.80. The first-order valence-electron chi connectivity index (χ1n) is 7.71. The van der Waals surface area contributed by atoms with Crippen molar-refractivity contribution >= 4 is 0 Å². The first-order valence-corrected chi connectivity index (χ1v) is 7.71. The maximum absolute atomic E-state index is 5.61. The van der Waals surface area contributed by atoms with E-state index in [9.17, 15) is 0 Å². The van der Waals surface area contributed by atoms with Gasteiger partial charge in [-0.3, -0.25) is 4.90 Å². The van der Waals surface area contributed by atoms with E-state index in [1.54, 1.807) is 0 Å². The molecule has 110 valence electrons. The van der Waals surface area contributed by atoms with Crippen LogP contribution in [0.5, 0.6) is 0 Å². The third-order valence-electron chi connectivity index (χ3n) is 4.40. The number of benzene rings is 2. The Morgan fingerprint density at radius 1 is 0.857 bits per heavy atom. The van der Waals surface area contributed by atoms with Crippen molar-refractivity contribution in [3.05, 3.63) is 71.8 Å². The van der Waals surface area contributed by atoms with Crippen LogP contribution in [0.2, 0.25) is 0 Å². The summed E-state index contributed by atoms with van der Waals surface area (Å²) in [6.45, 7) is 1.97. The fourth-order valence-electron chi connectivity index (χ4n) is 3.07. The Hall–Kier alpha value is -1.64. The minimum absolute atomic E-state index is 0.387. The van der Waals surface area contributed by atoms with Crippen molar-refractivity contribution in [1.29, 1.82) is 0 Å². The summed E-state index contributed by atoms with van der Waals surface area (Å²) < 4.78 is 5.61. The van der Waals surface area contributed by atoms with Crippen LogP contribution in [-0.2, 0) is 17.8 Å². The summed E-state index contributed by atoms with van der Waals surface area (Å²) in [5, 5.41) is 0. The number of hydrogen-bond donors (Lipinski definition) is 0. The van der Waals surface area contributed by atoms with Gasteiger partial charge in [-0.15, -0.1) is 0 Å². The van der Waals surface area contributed by atoms with Gasteiger partial charge in [0.05, 0.1) is 6.10 Å². The van der Waals surface area contributed by atoms with Gasteiger partial charge in [-0.25, -0.2) is 0 Å². The van der Waals surface area contributed by atoms with E-state index in [0.717, 1.165) is 13.1 Å². The van der Waals surface area contributed by atoms with Gasteiger partial charge in [-0.1, -0.05) is 60.7 Å². The molecular formula is C19H23NO. The van der Waals surface area contributed by atoms with Crippen LogP contribution >= 0.6 is 0 Å². The van der Waals surface area contributed by atoms with E-state index >= 15 is 0 Å². The van der Waals surface area contributed by atoms with Gasteiger partial charge in [0.15, 0.2) is 0 Å². The molecule has 21 heavy (non-hydrogen) atoms. The van der Waals surface area contributed by atoms with Crippen LogP contribution in [0.1, 0.15) is 24.0 Å². The van der Waals surface area contributed by atoms with E-state index in [0.29, 0.717) is 12.1 Å². The number of rotatable bonds is 6. The molecule has 0 heterocycles. The second kappa shape index (κ2) is 6.88. The Morgan fingerprint density at radius 2 is 1.38 bits per heavy atom. The molecule has 0 bridgehead atoms. The molecule has 0 unspecified atom stereocenters. The van der Waals surface area contributed by atoms with E-state index in [1.165, 1.54) is 24.0 Å². The van der Waals surface area contributed by atoms with Gasteiger partial charge in [0.1, 0.15) is 0 Å². The van der Waals surface area contributed by atoms with Gasteiger partial charge < -0.3 is 4.74 Å². The van der Waals surface area contributed by atoms with Gasteiger partial charge in [0.2, 0.25) is 0 Å². The fourth-order valence-corrected chi connectivity index (χ4v) is 3.07. The van der Waals surface area contributed by atoms with Crippen LogP contribution in [0.25, 0.3) is 0 Å².